The Kier molecular flexibility index (Phi) is 3.38. The molecular formula is C5H9O2. The number of ether oxygens (including phenoxy) is 1. The van der Waals surface area contributed by atoms with Crippen LogP contribution in [0.3, 0.4) is 0 Å². The molecule has 41 valence electrons. The highest BCUT2D eigenvalue weighted by Crippen LogP contribution is 1.78. The highest BCUT2D eigenvalue weighted by Gasteiger charge is 1.85. The molecule has 0 spiro atoms. The summed E-state index contributed by atoms with van der Waals surface area (Å²) in [6.45, 7) is 5.30. The third kappa shape index (κ3) is 5.47. The zero-order valence-electron chi connectivity index (χ0n) is 4.44. The van der Waals surface area contributed by atoms with Gasteiger partial charge in [0.05, 0.1) is 6.61 Å². The maximum absolute atomic E-state index is 9.95. The van der Waals surface area contributed by atoms with Crippen LogP contribution in [-0.2, 0) is 9.53 Å². The SMILES string of the molecule is [CH2]CCOC(C)=O. The quantitative estimate of drug-likeness (QED) is 0.480. The zero-order valence-corrected chi connectivity index (χ0v) is 4.44. The summed E-state index contributed by atoms with van der Waals surface area (Å²) in [6, 6.07) is 0. The Labute approximate surface area is 43.5 Å². The molecule has 0 saturated carbocycles. The summed E-state index contributed by atoms with van der Waals surface area (Å²) in [7, 11) is 0. The van der Waals surface area contributed by atoms with Gasteiger partial charge in [0.25, 0.3) is 0 Å². The number of esters is 1. The van der Waals surface area contributed by atoms with E-state index in [1.807, 2.05) is 0 Å². The van der Waals surface area contributed by atoms with Crippen molar-refractivity contribution in [2.24, 2.45) is 0 Å². The van der Waals surface area contributed by atoms with Crippen LogP contribution in [0.5, 0.6) is 0 Å². The highest BCUT2D eigenvalue weighted by atomic mass is 16.5. The molecule has 1 radical (unpaired) electrons. The molecule has 0 aromatic rings. The molecule has 2 nitrogen and oxygen atoms in total. The van der Waals surface area contributed by atoms with E-state index in [4.69, 9.17) is 0 Å². The van der Waals surface area contributed by atoms with E-state index in [2.05, 4.69) is 11.7 Å². The van der Waals surface area contributed by atoms with Crippen molar-refractivity contribution in [1.29, 1.82) is 0 Å². The van der Waals surface area contributed by atoms with Crippen LogP contribution in [0.15, 0.2) is 0 Å². The highest BCUT2D eigenvalue weighted by molar-refractivity contribution is 5.65. The molecule has 0 aromatic heterocycles. The van der Waals surface area contributed by atoms with Gasteiger partial charge in [0.15, 0.2) is 0 Å². The molecule has 0 unspecified atom stereocenters. The predicted molar refractivity (Wildman–Crippen MR) is 26.6 cm³/mol. The van der Waals surface area contributed by atoms with Crippen molar-refractivity contribution in [2.45, 2.75) is 13.3 Å². The molecule has 7 heavy (non-hydrogen) atoms. The van der Waals surface area contributed by atoms with Gasteiger partial charge in [0, 0.05) is 6.92 Å². The van der Waals surface area contributed by atoms with E-state index in [0.717, 1.165) is 0 Å². The number of carbonyl (C=O) groups is 1. The minimum absolute atomic E-state index is 0.233. The fraction of sp³-hybridized carbons (Fsp3) is 0.600. The summed E-state index contributed by atoms with van der Waals surface area (Å²) in [4.78, 5) is 9.95. The first-order chi connectivity index (χ1) is 3.27. The smallest absolute Gasteiger partial charge is 0.302 e. The summed E-state index contributed by atoms with van der Waals surface area (Å²) in [5.41, 5.74) is 0. The molecule has 0 aliphatic carbocycles. The van der Waals surface area contributed by atoms with Crippen LogP contribution in [0.4, 0.5) is 0 Å². The first-order valence-electron chi connectivity index (χ1n) is 2.20. The normalized spacial score (nSPS) is 8.29. The number of hydrogen-bond acceptors (Lipinski definition) is 2. The van der Waals surface area contributed by atoms with Crippen molar-refractivity contribution < 1.29 is 9.53 Å². The number of hydrogen-bond donors (Lipinski definition) is 0. The molecule has 0 saturated heterocycles. The average Bonchev–Trinajstić information content (AvgIpc) is 1.61. The van der Waals surface area contributed by atoms with Gasteiger partial charge in [-0.15, -0.1) is 0 Å². The van der Waals surface area contributed by atoms with E-state index >= 15 is 0 Å². The Morgan fingerprint density at radius 1 is 1.86 bits per heavy atom. The molecule has 0 bridgehead atoms. The number of rotatable bonds is 2. The Morgan fingerprint density at radius 3 is 2.57 bits per heavy atom. The van der Waals surface area contributed by atoms with Crippen molar-refractivity contribution in [2.75, 3.05) is 6.61 Å². The number of carbonyl (C=O) groups excluding carboxylic acids is 1. The maximum Gasteiger partial charge on any atom is 0.302 e. The van der Waals surface area contributed by atoms with Gasteiger partial charge in [-0.1, -0.05) is 0 Å². The van der Waals surface area contributed by atoms with E-state index in [1.54, 1.807) is 0 Å². The van der Waals surface area contributed by atoms with Gasteiger partial charge in [-0.2, -0.15) is 0 Å². The summed E-state index contributed by atoms with van der Waals surface area (Å²) in [5, 5.41) is 0. The Hall–Kier alpha value is -0.530. The van der Waals surface area contributed by atoms with Crippen LogP contribution in [0, 0.1) is 6.92 Å². The van der Waals surface area contributed by atoms with Crippen LogP contribution in [0.1, 0.15) is 13.3 Å². The third-order valence-corrected chi connectivity index (χ3v) is 0.450. The van der Waals surface area contributed by atoms with Crippen LogP contribution >= 0.6 is 0 Å². The van der Waals surface area contributed by atoms with E-state index in [1.165, 1.54) is 6.92 Å². The van der Waals surface area contributed by atoms with Crippen molar-refractivity contribution >= 4 is 5.97 Å². The van der Waals surface area contributed by atoms with E-state index < -0.39 is 0 Å². The van der Waals surface area contributed by atoms with Gasteiger partial charge in [-0.3, -0.25) is 4.79 Å². The molecule has 2 heteroatoms. The van der Waals surface area contributed by atoms with Gasteiger partial charge in [-0.25, -0.2) is 0 Å². The standard InChI is InChI=1S/C5H9O2/c1-3-4-7-5(2)6/h1,3-4H2,2H3. The first kappa shape index (κ1) is 6.47. The largest absolute Gasteiger partial charge is 0.466 e. The van der Waals surface area contributed by atoms with E-state index in [9.17, 15) is 4.79 Å². The first-order valence-corrected chi connectivity index (χ1v) is 2.20. The summed E-state index contributed by atoms with van der Waals surface area (Å²) in [6.07, 6.45) is 0.652. The zero-order chi connectivity index (χ0) is 5.70. The van der Waals surface area contributed by atoms with Gasteiger partial charge < -0.3 is 4.74 Å². The lowest BCUT2D eigenvalue weighted by atomic mass is 10.5. The minimum Gasteiger partial charge on any atom is -0.466 e. The molecule has 0 aliphatic rings. The fourth-order valence-corrected chi connectivity index (χ4v) is 0.216. The van der Waals surface area contributed by atoms with Crippen molar-refractivity contribution in [3.63, 3.8) is 0 Å². The minimum atomic E-state index is -0.233. The van der Waals surface area contributed by atoms with Crippen LogP contribution in [-0.4, -0.2) is 12.6 Å². The van der Waals surface area contributed by atoms with Crippen LogP contribution in [0.2, 0.25) is 0 Å². The summed E-state index contributed by atoms with van der Waals surface area (Å²) >= 11 is 0. The second-order valence-electron chi connectivity index (χ2n) is 1.19. The molecule has 0 rings (SSSR count). The lowest BCUT2D eigenvalue weighted by molar-refractivity contribution is -0.140. The Bertz CT molecular complexity index is 59.1. The molecule has 0 amide bonds. The van der Waals surface area contributed by atoms with Crippen LogP contribution in [0.25, 0.3) is 0 Å². The summed E-state index contributed by atoms with van der Waals surface area (Å²) in [5.74, 6) is -0.233. The lowest BCUT2D eigenvalue weighted by Gasteiger charge is -1.93. The van der Waals surface area contributed by atoms with E-state index in [0.29, 0.717) is 13.0 Å². The lowest BCUT2D eigenvalue weighted by Crippen LogP contribution is -1.98. The molecule has 0 fully saturated rings. The Morgan fingerprint density at radius 2 is 2.43 bits per heavy atom. The average molecular weight is 101 g/mol. The second kappa shape index (κ2) is 3.65. The van der Waals surface area contributed by atoms with Crippen LogP contribution < -0.4 is 0 Å². The third-order valence-electron chi connectivity index (χ3n) is 0.450. The van der Waals surface area contributed by atoms with Gasteiger partial charge >= 0.3 is 5.97 Å². The second-order valence-corrected chi connectivity index (χ2v) is 1.19. The molecule has 0 aliphatic heterocycles. The molecule has 0 aromatic carbocycles. The molecule has 0 heterocycles. The van der Waals surface area contributed by atoms with Crippen molar-refractivity contribution in [3.05, 3.63) is 6.92 Å². The van der Waals surface area contributed by atoms with Gasteiger partial charge in [-0.05, 0) is 13.3 Å². The van der Waals surface area contributed by atoms with Crippen molar-refractivity contribution in [1.82, 2.24) is 0 Å². The topological polar surface area (TPSA) is 26.3 Å². The molecule has 0 N–H and O–H groups in total. The molecular weight excluding hydrogens is 92.1 g/mol. The van der Waals surface area contributed by atoms with Gasteiger partial charge in [0.2, 0.25) is 0 Å². The fourth-order valence-electron chi connectivity index (χ4n) is 0.216. The maximum atomic E-state index is 9.95. The van der Waals surface area contributed by atoms with E-state index in [-0.39, 0.29) is 5.97 Å². The van der Waals surface area contributed by atoms with Crippen molar-refractivity contribution in [3.8, 4) is 0 Å². The Balaban J connectivity index is 2.82. The monoisotopic (exact) mass is 101 g/mol. The predicted octanol–water partition coefficient (Wildman–Crippen LogP) is 0.774. The van der Waals surface area contributed by atoms with Gasteiger partial charge in [0.1, 0.15) is 0 Å². The molecule has 0 atom stereocenters. The summed E-state index contributed by atoms with van der Waals surface area (Å²) < 4.78 is 4.49.